The maximum atomic E-state index is 11.7. The molecule has 0 bridgehead atoms. The summed E-state index contributed by atoms with van der Waals surface area (Å²) in [6.07, 6.45) is 1.26. The maximum absolute atomic E-state index is 11.7. The van der Waals surface area contributed by atoms with Gasteiger partial charge >= 0.3 is 0 Å². The first-order valence-electron chi connectivity index (χ1n) is 6.01. The van der Waals surface area contributed by atoms with Crippen molar-refractivity contribution in [3.63, 3.8) is 0 Å². The molecule has 2 N–H and O–H groups in total. The van der Waals surface area contributed by atoms with Gasteiger partial charge in [-0.1, -0.05) is 30.0 Å². The Morgan fingerprint density at radius 1 is 1.05 bits per heavy atom. The van der Waals surface area contributed by atoms with Crippen LogP contribution in [0.15, 0.2) is 53.6 Å². The molecule has 0 atom stereocenters. The molecule has 96 valence electrons. The quantitative estimate of drug-likeness (QED) is 0.609. The van der Waals surface area contributed by atoms with E-state index in [-0.39, 0.29) is 16.8 Å². The predicted molar refractivity (Wildman–Crippen MR) is 76.5 cm³/mol. The molecule has 0 aliphatic heterocycles. The molecule has 0 saturated carbocycles. The van der Waals surface area contributed by atoms with Gasteiger partial charge in [0.05, 0.1) is 11.7 Å². The normalized spacial score (nSPS) is 10.0. The van der Waals surface area contributed by atoms with E-state index in [1.165, 1.54) is 12.4 Å². The summed E-state index contributed by atoms with van der Waals surface area (Å²) in [5.41, 5.74) is 1.41. The topological polar surface area (TPSA) is 66.0 Å². The zero-order valence-electron chi connectivity index (χ0n) is 10.4. The summed E-state index contributed by atoms with van der Waals surface area (Å²) in [5, 5.41) is 10.2. The molecule has 4 heteroatoms. The Kier molecular flexibility index (Phi) is 2.94. The third kappa shape index (κ3) is 2.25. The van der Waals surface area contributed by atoms with Crippen molar-refractivity contribution in [1.29, 1.82) is 0 Å². The second-order valence-corrected chi connectivity index (χ2v) is 4.24. The summed E-state index contributed by atoms with van der Waals surface area (Å²) in [6, 6.07) is 12.6. The number of aromatic hydroxyl groups is 1. The summed E-state index contributed by atoms with van der Waals surface area (Å²) in [4.78, 5) is 18.1. The first kappa shape index (κ1) is 12.0. The van der Waals surface area contributed by atoms with Crippen molar-refractivity contribution in [2.45, 2.75) is 0 Å². The number of hydrogen-bond acceptors (Lipinski definition) is 3. The second-order valence-electron chi connectivity index (χ2n) is 4.24. The molecule has 0 fully saturated rings. The molecule has 2 aromatic carbocycles. The number of hydrogen-bond donors (Lipinski definition) is 2. The van der Waals surface area contributed by atoms with E-state index in [0.29, 0.717) is 10.9 Å². The van der Waals surface area contributed by atoms with Crippen LogP contribution in [0, 0.1) is 11.8 Å². The molecule has 1 heterocycles. The van der Waals surface area contributed by atoms with Crippen molar-refractivity contribution in [3.05, 3.63) is 70.3 Å². The first-order chi connectivity index (χ1) is 9.74. The number of phenolic OH excluding ortho intramolecular Hbond substituents is 1. The van der Waals surface area contributed by atoms with Crippen LogP contribution in [-0.4, -0.2) is 15.1 Å². The Morgan fingerprint density at radius 2 is 1.80 bits per heavy atom. The van der Waals surface area contributed by atoms with Crippen LogP contribution in [0.2, 0.25) is 0 Å². The highest BCUT2D eigenvalue weighted by Crippen LogP contribution is 2.21. The van der Waals surface area contributed by atoms with Crippen molar-refractivity contribution in [1.82, 2.24) is 9.97 Å². The Bertz CT molecular complexity index is 887. The number of nitrogens with zero attached hydrogens (tertiary/aromatic N) is 1. The van der Waals surface area contributed by atoms with E-state index in [4.69, 9.17) is 0 Å². The van der Waals surface area contributed by atoms with Crippen molar-refractivity contribution in [2.24, 2.45) is 0 Å². The van der Waals surface area contributed by atoms with E-state index < -0.39 is 0 Å². The largest absolute Gasteiger partial charge is 0.506 e. The van der Waals surface area contributed by atoms with E-state index in [1.54, 1.807) is 6.07 Å². The van der Waals surface area contributed by atoms with Gasteiger partial charge in [0.15, 0.2) is 0 Å². The molecule has 0 radical (unpaired) electrons. The van der Waals surface area contributed by atoms with Gasteiger partial charge in [0, 0.05) is 11.1 Å². The third-order valence-electron chi connectivity index (χ3n) is 2.85. The summed E-state index contributed by atoms with van der Waals surface area (Å²) in [6.45, 7) is 0. The number of rotatable bonds is 0. The van der Waals surface area contributed by atoms with E-state index in [2.05, 4.69) is 21.8 Å². The molecule has 3 rings (SSSR count). The number of benzene rings is 2. The zero-order valence-corrected chi connectivity index (χ0v) is 10.4. The van der Waals surface area contributed by atoms with Gasteiger partial charge in [-0.05, 0) is 24.3 Å². The lowest BCUT2D eigenvalue weighted by atomic mass is 10.1. The highest BCUT2D eigenvalue weighted by atomic mass is 16.3. The van der Waals surface area contributed by atoms with Gasteiger partial charge < -0.3 is 10.1 Å². The van der Waals surface area contributed by atoms with Gasteiger partial charge in [0.2, 0.25) is 0 Å². The van der Waals surface area contributed by atoms with E-state index in [0.717, 1.165) is 5.56 Å². The monoisotopic (exact) mass is 262 g/mol. The molecule has 0 aliphatic rings. The van der Waals surface area contributed by atoms with E-state index >= 15 is 0 Å². The molecule has 20 heavy (non-hydrogen) atoms. The van der Waals surface area contributed by atoms with Gasteiger partial charge in [-0.3, -0.25) is 4.79 Å². The molecule has 1 aromatic heterocycles. The predicted octanol–water partition coefficient (Wildman–Crippen LogP) is 2.03. The van der Waals surface area contributed by atoms with Gasteiger partial charge in [-0.25, -0.2) is 4.98 Å². The molecule has 0 amide bonds. The number of nitrogens with one attached hydrogen (secondary N) is 1. The van der Waals surface area contributed by atoms with Gasteiger partial charge in [-0.15, -0.1) is 0 Å². The zero-order chi connectivity index (χ0) is 13.9. The van der Waals surface area contributed by atoms with Crippen LogP contribution in [0.1, 0.15) is 11.1 Å². The van der Waals surface area contributed by atoms with E-state index in [1.807, 2.05) is 30.3 Å². The van der Waals surface area contributed by atoms with Gasteiger partial charge in [0.25, 0.3) is 5.56 Å². The number of aromatic amines is 1. The number of H-pyrrole nitrogens is 1. The van der Waals surface area contributed by atoms with Crippen LogP contribution in [0.3, 0.4) is 0 Å². The van der Waals surface area contributed by atoms with Gasteiger partial charge in [0.1, 0.15) is 11.3 Å². The number of fused-ring (bicyclic) bond motifs is 1. The third-order valence-corrected chi connectivity index (χ3v) is 2.85. The molecular weight excluding hydrogens is 252 g/mol. The first-order valence-corrected chi connectivity index (χ1v) is 6.01. The summed E-state index contributed by atoms with van der Waals surface area (Å²) >= 11 is 0. The molecule has 0 aliphatic carbocycles. The standard InChI is InChI=1S/C16H10N2O2/c19-14-9-12(7-6-11-4-2-1-3-5-11)8-13-15(14)17-10-18-16(13)20/h1-5,8-10,19H,(H,17,18,20). The minimum Gasteiger partial charge on any atom is -0.506 e. The average molecular weight is 262 g/mol. The van der Waals surface area contributed by atoms with Crippen molar-refractivity contribution < 1.29 is 5.11 Å². The molecule has 0 saturated heterocycles. The Hall–Kier alpha value is -3.06. The minimum atomic E-state index is -0.298. The Labute approximate surface area is 114 Å². The fourth-order valence-electron chi connectivity index (χ4n) is 1.90. The van der Waals surface area contributed by atoms with E-state index in [9.17, 15) is 9.90 Å². The Balaban J connectivity index is 2.13. The lowest BCUT2D eigenvalue weighted by molar-refractivity contribution is 0.480. The smallest absolute Gasteiger partial charge is 0.258 e. The molecule has 0 unspecified atom stereocenters. The fraction of sp³-hybridized carbons (Fsp3) is 0. The highest BCUT2D eigenvalue weighted by molar-refractivity contribution is 5.84. The molecule has 3 aromatic rings. The summed E-state index contributed by atoms with van der Waals surface area (Å²) in [7, 11) is 0. The highest BCUT2D eigenvalue weighted by Gasteiger charge is 2.05. The average Bonchev–Trinajstić information content (AvgIpc) is 2.47. The van der Waals surface area contributed by atoms with Crippen LogP contribution < -0.4 is 5.56 Å². The van der Waals surface area contributed by atoms with Crippen LogP contribution in [-0.2, 0) is 0 Å². The summed E-state index contributed by atoms with van der Waals surface area (Å²) in [5.74, 6) is 5.86. The minimum absolute atomic E-state index is 0.0500. The van der Waals surface area contributed by atoms with Gasteiger partial charge in [-0.2, -0.15) is 0 Å². The number of aromatic nitrogens is 2. The molecule has 0 spiro atoms. The summed E-state index contributed by atoms with van der Waals surface area (Å²) < 4.78 is 0. The SMILES string of the molecule is O=c1[nH]cnc2c(O)cc(C#Cc3ccccc3)cc12. The lowest BCUT2D eigenvalue weighted by Crippen LogP contribution is -2.06. The van der Waals surface area contributed by atoms with Crippen LogP contribution in [0.4, 0.5) is 0 Å². The molecular formula is C16H10N2O2. The van der Waals surface area contributed by atoms with Crippen LogP contribution in [0.5, 0.6) is 5.75 Å². The second kappa shape index (κ2) is 4.90. The van der Waals surface area contributed by atoms with Crippen LogP contribution >= 0.6 is 0 Å². The number of phenols is 1. The van der Waals surface area contributed by atoms with Crippen LogP contribution in [0.25, 0.3) is 10.9 Å². The maximum Gasteiger partial charge on any atom is 0.258 e. The van der Waals surface area contributed by atoms with Crippen molar-refractivity contribution in [3.8, 4) is 17.6 Å². The fourth-order valence-corrected chi connectivity index (χ4v) is 1.90. The van der Waals surface area contributed by atoms with Crippen molar-refractivity contribution >= 4 is 10.9 Å². The van der Waals surface area contributed by atoms with Crippen molar-refractivity contribution in [2.75, 3.05) is 0 Å². The molecule has 4 nitrogen and oxygen atoms in total. The lowest BCUT2D eigenvalue weighted by Gasteiger charge is -1.99. The Morgan fingerprint density at radius 3 is 2.60 bits per heavy atom.